The number of para-hydroxylation sites is 1. The quantitative estimate of drug-likeness (QED) is 0.626. The monoisotopic (exact) mass is 422 g/mol. The van der Waals surface area contributed by atoms with E-state index in [2.05, 4.69) is 10.6 Å². The zero-order valence-corrected chi connectivity index (χ0v) is 18.0. The minimum Gasteiger partial charge on any atom is -0.483 e. The van der Waals surface area contributed by atoms with Gasteiger partial charge in [-0.3, -0.25) is 0 Å². The summed E-state index contributed by atoms with van der Waals surface area (Å²) in [6.45, 7) is 4.02. The van der Waals surface area contributed by atoms with Gasteiger partial charge in [0.15, 0.2) is 11.5 Å². The maximum atomic E-state index is 11.2. The smallest absolute Gasteiger partial charge is 0.412 e. The molecule has 31 heavy (non-hydrogen) atoms. The maximum Gasteiger partial charge on any atom is 0.412 e. The Hall–Kier alpha value is -3.74. The zero-order valence-electron chi connectivity index (χ0n) is 18.0. The van der Waals surface area contributed by atoms with Crippen LogP contribution in [0.1, 0.15) is 19.4 Å². The Morgan fingerprint density at radius 3 is 2.13 bits per heavy atom. The fourth-order valence-corrected chi connectivity index (χ4v) is 3.25. The minimum atomic E-state index is -0.485. The molecular formula is C24H26N2O5. The summed E-state index contributed by atoms with van der Waals surface area (Å²) in [6, 6.07) is 19.0. The highest BCUT2D eigenvalue weighted by molar-refractivity contribution is 5.90. The Kier molecular flexibility index (Phi) is 6.65. The van der Waals surface area contributed by atoms with Gasteiger partial charge in [0.2, 0.25) is 0 Å². The van der Waals surface area contributed by atoms with Crippen LogP contribution in [0.2, 0.25) is 0 Å². The van der Waals surface area contributed by atoms with Gasteiger partial charge < -0.3 is 24.8 Å². The molecule has 1 aliphatic rings. The van der Waals surface area contributed by atoms with E-state index < -0.39 is 12.2 Å². The van der Waals surface area contributed by atoms with Crippen LogP contribution in [0.15, 0.2) is 60.7 Å². The van der Waals surface area contributed by atoms with Gasteiger partial charge in [0.05, 0.1) is 0 Å². The number of carbonyl (C=O) groups excluding carboxylic acids is 2. The first-order valence-electron chi connectivity index (χ1n) is 9.91. The van der Waals surface area contributed by atoms with Gasteiger partial charge in [0, 0.05) is 31.5 Å². The van der Waals surface area contributed by atoms with Crippen LogP contribution < -0.4 is 24.8 Å². The molecule has 2 N–H and O–H groups in total. The minimum absolute atomic E-state index is 0.232. The molecule has 2 amide bonds. The molecular weight excluding hydrogens is 396 g/mol. The third-order valence-corrected chi connectivity index (χ3v) is 4.62. The number of benzene rings is 3. The van der Waals surface area contributed by atoms with E-state index in [4.69, 9.17) is 14.2 Å². The van der Waals surface area contributed by atoms with E-state index in [1.807, 2.05) is 62.4 Å². The van der Waals surface area contributed by atoms with Crippen molar-refractivity contribution in [3.63, 3.8) is 0 Å². The first-order chi connectivity index (χ1) is 14.8. The van der Waals surface area contributed by atoms with Crippen LogP contribution in [0.25, 0.3) is 10.8 Å². The Labute approximate surface area is 181 Å². The molecule has 4 rings (SSSR count). The van der Waals surface area contributed by atoms with E-state index in [1.165, 1.54) is 14.1 Å². The molecule has 0 aliphatic carbocycles. The molecule has 7 nitrogen and oxygen atoms in total. The van der Waals surface area contributed by atoms with Gasteiger partial charge in [-0.05, 0) is 31.4 Å². The van der Waals surface area contributed by atoms with E-state index in [0.29, 0.717) is 17.2 Å². The number of hydrogen-bond donors (Lipinski definition) is 2. The van der Waals surface area contributed by atoms with Crippen molar-refractivity contribution in [2.45, 2.75) is 25.9 Å². The van der Waals surface area contributed by atoms with Crippen molar-refractivity contribution < 1.29 is 23.8 Å². The van der Waals surface area contributed by atoms with Gasteiger partial charge in [-0.1, -0.05) is 48.5 Å². The Balaban J connectivity index is 0.000000176. The summed E-state index contributed by atoms with van der Waals surface area (Å²) in [5.74, 6) is 1.73. The van der Waals surface area contributed by atoms with Gasteiger partial charge in [-0.2, -0.15) is 0 Å². The van der Waals surface area contributed by atoms with Crippen LogP contribution >= 0.6 is 0 Å². The van der Waals surface area contributed by atoms with Crippen LogP contribution in [-0.2, 0) is 6.42 Å². The Morgan fingerprint density at radius 2 is 1.42 bits per heavy atom. The van der Waals surface area contributed by atoms with Crippen molar-refractivity contribution in [2.24, 2.45) is 0 Å². The molecule has 162 valence electrons. The SMILES string of the molecule is CNC(=O)Oc1cccc2c1OC(C)(C)C2.CNC(=O)Oc1cccc2ccccc12. The molecule has 0 unspecified atom stereocenters. The predicted octanol–water partition coefficient (Wildman–Crippen LogP) is 4.68. The largest absolute Gasteiger partial charge is 0.483 e. The first kappa shape index (κ1) is 22.0. The van der Waals surface area contributed by atoms with Crippen molar-refractivity contribution in [1.82, 2.24) is 10.6 Å². The van der Waals surface area contributed by atoms with E-state index >= 15 is 0 Å². The molecule has 0 atom stereocenters. The van der Waals surface area contributed by atoms with Gasteiger partial charge in [-0.15, -0.1) is 0 Å². The molecule has 0 bridgehead atoms. The van der Waals surface area contributed by atoms with E-state index in [-0.39, 0.29) is 5.60 Å². The number of ether oxygens (including phenoxy) is 3. The van der Waals surface area contributed by atoms with Gasteiger partial charge >= 0.3 is 12.2 Å². The highest BCUT2D eigenvalue weighted by atomic mass is 16.6. The Bertz CT molecular complexity index is 1090. The summed E-state index contributed by atoms with van der Waals surface area (Å²) >= 11 is 0. The summed E-state index contributed by atoms with van der Waals surface area (Å²) in [6.07, 6.45) is -0.110. The third-order valence-electron chi connectivity index (χ3n) is 4.62. The molecule has 0 spiro atoms. The normalized spacial score (nSPS) is 13.2. The number of rotatable bonds is 2. The van der Waals surface area contributed by atoms with Gasteiger partial charge in [0.1, 0.15) is 11.4 Å². The van der Waals surface area contributed by atoms with Crippen molar-refractivity contribution in [3.05, 3.63) is 66.2 Å². The van der Waals surface area contributed by atoms with Gasteiger partial charge in [0.25, 0.3) is 0 Å². The number of hydrogen-bond acceptors (Lipinski definition) is 5. The molecule has 0 saturated carbocycles. The van der Waals surface area contributed by atoms with Crippen LogP contribution in [0.5, 0.6) is 17.2 Å². The van der Waals surface area contributed by atoms with Gasteiger partial charge in [-0.25, -0.2) is 9.59 Å². The molecule has 0 radical (unpaired) electrons. The van der Waals surface area contributed by atoms with Crippen LogP contribution in [-0.4, -0.2) is 31.9 Å². The van der Waals surface area contributed by atoms with Crippen molar-refractivity contribution in [1.29, 1.82) is 0 Å². The lowest BCUT2D eigenvalue weighted by molar-refractivity contribution is 0.133. The molecule has 3 aromatic rings. The van der Waals surface area contributed by atoms with Crippen LogP contribution in [0.4, 0.5) is 9.59 Å². The van der Waals surface area contributed by atoms with E-state index in [1.54, 1.807) is 12.1 Å². The average Bonchev–Trinajstić information content (AvgIpc) is 3.09. The van der Waals surface area contributed by atoms with Crippen molar-refractivity contribution in [2.75, 3.05) is 14.1 Å². The summed E-state index contributed by atoms with van der Waals surface area (Å²) in [5.41, 5.74) is 0.844. The lowest BCUT2D eigenvalue weighted by atomic mass is 10.0. The zero-order chi connectivity index (χ0) is 22.4. The lowest BCUT2D eigenvalue weighted by Gasteiger charge is -2.17. The van der Waals surface area contributed by atoms with E-state index in [0.717, 1.165) is 22.8 Å². The molecule has 1 aliphatic heterocycles. The number of amides is 2. The summed E-state index contributed by atoms with van der Waals surface area (Å²) in [5, 5.41) is 6.81. The first-order valence-corrected chi connectivity index (χ1v) is 9.91. The highest BCUT2D eigenvalue weighted by Gasteiger charge is 2.32. The van der Waals surface area contributed by atoms with Crippen molar-refractivity contribution >= 4 is 23.0 Å². The second-order valence-corrected chi connectivity index (χ2v) is 7.54. The van der Waals surface area contributed by atoms with Crippen LogP contribution in [0.3, 0.4) is 0 Å². The second kappa shape index (κ2) is 9.38. The van der Waals surface area contributed by atoms with E-state index in [9.17, 15) is 9.59 Å². The molecule has 0 aromatic heterocycles. The summed E-state index contributed by atoms with van der Waals surface area (Å²) in [7, 11) is 3.06. The topological polar surface area (TPSA) is 85.9 Å². The molecule has 0 fully saturated rings. The molecule has 7 heteroatoms. The lowest BCUT2D eigenvalue weighted by Crippen LogP contribution is -2.25. The summed E-state index contributed by atoms with van der Waals surface area (Å²) < 4.78 is 16.0. The number of nitrogens with one attached hydrogen (secondary N) is 2. The maximum absolute atomic E-state index is 11.2. The number of fused-ring (bicyclic) bond motifs is 2. The standard InChI is InChI=1S/C12H15NO3.C12H11NO2/c1-12(2)7-8-5-4-6-9(10(8)16-12)15-11(14)13-3;1-13-12(14)15-11-8-4-6-9-5-2-3-7-10(9)11/h4-6H,7H2,1-3H3,(H,13,14);2-8H,1H3,(H,13,14). The molecule has 1 heterocycles. The van der Waals surface area contributed by atoms with Crippen LogP contribution in [0, 0.1) is 0 Å². The fraction of sp³-hybridized carbons (Fsp3) is 0.250. The molecule has 3 aromatic carbocycles. The highest BCUT2D eigenvalue weighted by Crippen LogP contribution is 2.41. The molecule has 0 saturated heterocycles. The third kappa shape index (κ3) is 5.45. The predicted molar refractivity (Wildman–Crippen MR) is 119 cm³/mol. The number of carbonyl (C=O) groups is 2. The van der Waals surface area contributed by atoms with Crippen molar-refractivity contribution in [3.8, 4) is 17.2 Å². The summed E-state index contributed by atoms with van der Waals surface area (Å²) in [4.78, 5) is 22.2. The Morgan fingerprint density at radius 1 is 0.839 bits per heavy atom. The fourth-order valence-electron chi connectivity index (χ4n) is 3.25. The second-order valence-electron chi connectivity index (χ2n) is 7.54. The average molecular weight is 422 g/mol.